The number of rotatable bonds is 5. The number of aromatic hydroxyl groups is 1. The summed E-state index contributed by atoms with van der Waals surface area (Å²) in [6, 6.07) is 9.43. The fourth-order valence-electron chi connectivity index (χ4n) is 3.73. The van der Waals surface area contributed by atoms with E-state index in [4.69, 9.17) is 0 Å². The minimum absolute atomic E-state index is 0.327. The molecule has 1 N–H and O–H groups in total. The molecule has 7 heteroatoms. The first-order chi connectivity index (χ1) is 12.7. The highest BCUT2D eigenvalue weighted by Gasteiger charge is 2.26. The average molecular weight is 352 g/mol. The van der Waals surface area contributed by atoms with E-state index >= 15 is 0 Å². The first-order valence-corrected chi connectivity index (χ1v) is 9.05. The number of nitrogens with zero attached hydrogens (tertiary/aromatic N) is 6. The summed E-state index contributed by atoms with van der Waals surface area (Å²) in [6.07, 6.45) is 5.98. The zero-order valence-corrected chi connectivity index (χ0v) is 15.0. The van der Waals surface area contributed by atoms with Gasteiger partial charge in [-0.1, -0.05) is 12.1 Å². The van der Waals surface area contributed by atoms with Crippen molar-refractivity contribution in [2.75, 3.05) is 13.1 Å². The molecule has 2 aromatic heterocycles. The summed E-state index contributed by atoms with van der Waals surface area (Å²) in [6.45, 7) is 3.52. The number of phenolic OH excluding ortho intramolecular Hbond substituents is 1. The second-order valence-electron chi connectivity index (χ2n) is 6.98. The van der Waals surface area contributed by atoms with Gasteiger partial charge in [0, 0.05) is 38.4 Å². The van der Waals surface area contributed by atoms with Gasteiger partial charge in [0.1, 0.15) is 18.1 Å². The lowest BCUT2D eigenvalue weighted by molar-refractivity contribution is 0.195. The number of aromatic nitrogens is 5. The number of hydrogen-bond donors (Lipinski definition) is 1. The van der Waals surface area contributed by atoms with Crippen LogP contribution in [-0.2, 0) is 20.1 Å². The molecule has 1 aromatic carbocycles. The van der Waals surface area contributed by atoms with Crippen LogP contribution < -0.4 is 0 Å². The van der Waals surface area contributed by atoms with Crippen molar-refractivity contribution < 1.29 is 5.11 Å². The molecule has 3 heterocycles. The van der Waals surface area contributed by atoms with Gasteiger partial charge in [-0.05, 0) is 43.1 Å². The van der Waals surface area contributed by atoms with Crippen LogP contribution in [-0.4, -0.2) is 47.6 Å². The Balaban J connectivity index is 1.45. The zero-order chi connectivity index (χ0) is 17.9. The molecule has 1 atom stereocenters. The maximum absolute atomic E-state index is 9.67. The number of phenols is 1. The second kappa shape index (κ2) is 7.29. The average Bonchev–Trinajstić information content (AvgIpc) is 3.26. The standard InChI is InChI=1S/C19H24N6O/c1-23-18(14-25-10-4-8-20-25)21-22-19(23)16-6-3-9-24(13-16)12-15-5-2-7-17(26)11-15/h2,4-5,7-8,10-11,16,26H,3,6,9,12-14H2,1H3/t16-/m1/s1. The Hall–Kier alpha value is -2.67. The summed E-state index contributed by atoms with van der Waals surface area (Å²) in [5.41, 5.74) is 1.14. The smallest absolute Gasteiger partial charge is 0.154 e. The Labute approximate surface area is 152 Å². The quantitative estimate of drug-likeness (QED) is 0.762. The topological polar surface area (TPSA) is 72.0 Å². The van der Waals surface area contributed by atoms with Gasteiger partial charge in [0.05, 0.1) is 0 Å². The molecular formula is C19H24N6O. The fraction of sp³-hybridized carbons (Fsp3) is 0.421. The molecule has 1 aliphatic rings. The summed E-state index contributed by atoms with van der Waals surface area (Å²) in [4.78, 5) is 2.44. The van der Waals surface area contributed by atoms with Crippen LogP contribution in [0.3, 0.4) is 0 Å². The third-order valence-corrected chi connectivity index (χ3v) is 5.05. The second-order valence-corrected chi connectivity index (χ2v) is 6.98. The lowest BCUT2D eigenvalue weighted by atomic mass is 9.96. The number of hydrogen-bond acceptors (Lipinski definition) is 5. The Kier molecular flexibility index (Phi) is 4.71. The molecule has 0 bridgehead atoms. The predicted molar refractivity (Wildman–Crippen MR) is 97.7 cm³/mol. The van der Waals surface area contributed by atoms with Crippen molar-refractivity contribution in [1.29, 1.82) is 0 Å². The van der Waals surface area contributed by atoms with Gasteiger partial charge in [0.2, 0.25) is 0 Å². The summed E-state index contributed by atoms with van der Waals surface area (Å²) in [5, 5.41) is 22.8. The first kappa shape index (κ1) is 16.8. The van der Waals surface area contributed by atoms with E-state index in [2.05, 4.69) is 30.8 Å². The van der Waals surface area contributed by atoms with Crippen molar-refractivity contribution in [2.24, 2.45) is 7.05 Å². The molecule has 1 saturated heterocycles. The van der Waals surface area contributed by atoms with E-state index in [1.165, 1.54) is 0 Å². The molecule has 0 saturated carbocycles. The summed E-state index contributed by atoms with van der Waals surface area (Å²) >= 11 is 0. The highest BCUT2D eigenvalue weighted by atomic mass is 16.3. The van der Waals surface area contributed by atoms with E-state index in [-0.39, 0.29) is 0 Å². The van der Waals surface area contributed by atoms with Crippen molar-refractivity contribution in [1.82, 2.24) is 29.4 Å². The maximum Gasteiger partial charge on any atom is 0.154 e. The number of likely N-dealkylation sites (tertiary alicyclic amines) is 1. The third kappa shape index (κ3) is 3.62. The van der Waals surface area contributed by atoms with E-state index in [1.54, 1.807) is 12.3 Å². The van der Waals surface area contributed by atoms with Crippen molar-refractivity contribution in [3.63, 3.8) is 0 Å². The van der Waals surface area contributed by atoms with Gasteiger partial charge in [0.25, 0.3) is 0 Å². The van der Waals surface area contributed by atoms with Gasteiger partial charge >= 0.3 is 0 Å². The van der Waals surface area contributed by atoms with Gasteiger partial charge in [-0.15, -0.1) is 10.2 Å². The molecule has 0 radical (unpaired) electrons. The molecule has 0 aliphatic carbocycles. The van der Waals surface area contributed by atoms with Crippen molar-refractivity contribution in [3.05, 3.63) is 59.9 Å². The largest absolute Gasteiger partial charge is 0.508 e. The van der Waals surface area contributed by atoms with Gasteiger partial charge in [0.15, 0.2) is 5.82 Å². The molecule has 1 aliphatic heterocycles. The van der Waals surface area contributed by atoms with Crippen LogP contribution in [0.2, 0.25) is 0 Å². The fourth-order valence-corrected chi connectivity index (χ4v) is 3.73. The maximum atomic E-state index is 9.67. The third-order valence-electron chi connectivity index (χ3n) is 5.05. The van der Waals surface area contributed by atoms with Crippen molar-refractivity contribution >= 4 is 0 Å². The van der Waals surface area contributed by atoms with E-state index in [0.717, 1.165) is 49.7 Å². The van der Waals surface area contributed by atoms with Crippen LogP contribution in [0.4, 0.5) is 0 Å². The van der Waals surface area contributed by atoms with Crippen LogP contribution in [0.1, 0.15) is 36.0 Å². The molecule has 7 nitrogen and oxygen atoms in total. The lowest BCUT2D eigenvalue weighted by Gasteiger charge is -2.32. The summed E-state index contributed by atoms with van der Waals surface area (Å²) < 4.78 is 3.98. The normalized spacial score (nSPS) is 18.3. The Morgan fingerprint density at radius 1 is 1.19 bits per heavy atom. The predicted octanol–water partition coefficient (Wildman–Crippen LogP) is 2.15. The Bertz CT molecular complexity index is 857. The molecule has 0 spiro atoms. The van der Waals surface area contributed by atoms with Gasteiger partial charge < -0.3 is 9.67 Å². The van der Waals surface area contributed by atoms with Gasteiger partial charge in [-0.3, -0.25) is 9.58 Å². The van der Waals surface area contributed by atoms with Crippen molar-refractivity contribution in [3.8, 4) is 5.75 Å². The van der Waals surface area contributed by atoms with Crippen molar-refractivity contribution in [2.45, 2.75) is 31.8 Å². The molecule has 4 rings (SSSR count). The minimum Gasteiger partial charge on any atom is -0.508 e. The zero-order valence-electron chi connectivity index (χ0n) is 15.0. The molecule has 1 fully saturated rings. The summed E-state index contributed by atoms with van der Waals surface area (Å²) in [7, 11) is 2.04. The summed E-state index contributed by atoms with van der Waals surface area (Å²) in [5.74, 6) is 2.68. The van der Waals surface area contributed by atoms with E-state index in [9.17, 15) is 5.11 Å². The Morgan fingerprint density at radius 2 is 2.12 bits per heavy atom. The highest BCUT2D eigenvalue weighted by Crippen LogP contribution is 2.27. The van der Waals surface area contributed by atoms with E-state index in [1.807, 2.05) is 36.1 Å². The highest BCUT2D eigenvalue weighted by molar-refractivity contribution is 5.27. The monoisotopic (exact) mass is 352 g/mol. The molecule has 26 heavy (non-hydrogen) atoms. The van der Waals surface area contributed by atoms with E-state index in [0.29, 0.717) is 18.2 Å². The molecule has 3 aromatic rings. The van der Waals surface area contributed by atoms with Gasteiger partial charge in [-0.25, -0.2) is 0 Å². The molecule has 136 valence electrons. The van der Waals surface area contributed by atoms with E-state index < -0.39 is 0 Å². The first-order valence-electron chi connectivity index (χ1n) is 9.05. The molecule has 0 unspecified atom stereocenters. The molecule has 0 amide bonds. The lowest BCUT2D eigenvalue weighted by Crippen LogP contribution is -2.34. The van der Waals surface area contributed by atoms with Crippen LogP contribution in [0.5, 0.6) is 5.75 Å². The van der Waals surface area contributed by atoms with Crippen LogP contribution in [0.15, 0.2) is 42.7 Å². The van der Waals surface area contributed by atoms with Crippen LogP contribution in [0.25, 0.3) is 0 Å². The number of benzene rings is 1. The van der Waals surface area contributed by atoms with Crippen LogP contribution in [0, 0.1) is 0 Å². The molecular weight excluding hydrogens is 328 g/mol. The van der Waals surface area contributed by atoms with Crippen LogP contribution >= 0.6 is 0 Å². The minimum atomic E-state index is 0.327. The number of piperidine rings is 1. The SMILES string of the molecule is Cn1c(Cn2cccn2)nnc1[C@@H]1CCCN(Cc2cccc(O)c2)C1. The van der Waals surface area contributed by atoms with Gasteiger partial charge in [-0.2, -0.15) is 5.10 Å². The Morgan fingerprint density at radius 3 is 2.92 bits per heavy atom.